The van der Waals surface area contributed by atoms with E-state index in [0.717, 1.165) is 18.5 Å². The summed E-state index contributed by atoms with van der Waals surface area (Å²) in [5.41, 5.74) is 1.72. The van der Waals surface area contributed by atoms with Crippen LogP contribution in [0, 0.1) is 0 Å². The average Bonchev–Trinajstić information content (AvgIpc) is 2.76. The third-order valence-corrected chi connectivity index (χ3v) is 2.61. The van der Waals surface area contributed by atoms with E-state index in [4.69, 9.17) is 0 Å². The number of hydrogen-bond donors (Lipinski definition) is 1. The van der Waals surface area contributed by atoms with Crippen LogP contribution >= 0.6 is 9.47 Å². The molecule has 5 heteroatoms. The molecule has 1 aliphatic rings. The molecule has 16 heavy (non-hydrogen) atoms. The Labute approximate surface area is 97.0 Å². The molecule has 0 saturated heterocycles. The average molecular weight is 241 g/mol. The van der Waals surface area contributed by atoms with E-state index < -0.39 is 5.97 Å². The lowest BCUT2D eigenvalue weighted by atomic mass is 9.94. The summed E-state index contributed by atoms with van der Waals surface area (Å²) in [6, 6.07) is 0. The minimum atomic E-state index is -0.484. The largest absolute Gasteiger partial charge is 0.448 e. The van der Waals surface area contributed by atoms with Crippen molar-refractivity contribution in [2.24, 2.45) is 0 Å². The van der Waals surface area contributed by atoms with Gasteiger partial charge in [0.05, 0.1) is 20.6 Å². The van der Waals surface area contributed by atoms with E-state index in [9.17, 15) is 9.59 Å². The lowest BCUT2D eigenvalue weighted by molar-refractivity contribution is 0.0759. The number of aromatic nitrogens is 1. The van der Waals surface area contributed by atoms with Gasteiger partial charge in [-0.15, -0.1) is 0 Å². The first-order valence-electron chi connectivity index (χ1n) is 5.38. The Bertz CT molecular complexity index is 398. The van der Waals surface area contributed by atoms with Gasteiger partial charge in [-0.3, -0.25) is 4.79 Å². The maximum absolute atomic E-state index is 11.6. The Hall–Kier alpha value is -1.15. The molecule has 0 bridgehead atoms. The van der Waals surface area contributed by atoms with Gasteiger partial charge in [-0.25, -0.2) is 4.79 Å². The zero-order chi connectivity index (χ0) is 12.1. The van der Waals surface area contributed by atoms with Crippen LogP contribution in [0.15, 0.2) is 6.20 Å². The highest BCUT2D eigenvalue weighted by atomic mass is 31.0. The van der Waals surface area contributed by atoms with Gasteiger partial charge in [-0.1, -0.05) is 13.8 Å². The summed E-state index contributed by atoms with van der Waals surface area (Å²) in [7, 11) is 1.89. The maximum atomic E-state index is 11.6. The molecule has 1 heterocycles. The van der Waals surface area contributed by atoms with Gasteiger partial charge in [0.15, 0.2) is 5.78 Å². The number of ketones is 1. The summed E-state index contributed by atoms with van der Waals surface area (Å²) in [5.74, 6) is -0.458. The quantitative estimate of drug-likeness (QED) is 0.768. The number of H-pyrrole nitrogens is 1. The third-order valence-electron chi connectivity index (χ3n) is 2.40. The molecular weight excluding hydrogens is 225 g/mol. The molecule has 4 nitrogen and oxygen atoms in total. The van der Waals surface area contributed by atoms with Crippen LogP contribution in [-0.4, -0.2) is 16.7 Å². The minimum absolute atomic E-state index is 0.0258. The van der Waals surface area contributed by atoms with Crippen molar-refractivity contribution < 1.29 is 14.1 Å². The number of carbonyl (C=O) groups is 2. The van der Waals surface area contributed by atoms with Crippen molar-refractivity contribution in [2.45, 2.75) is 33.1 Å². The van der Waals surface area contributed by atoms with Gasteiger partial charge in [0.25, 0.3) is 0 Å². The Morgan fingerprint density at radius 3 is 2.75 bits per heavy atom. The van der Waals surface area contributed by atoms with Crippen LogP contribution in [0.1, 0.15) is 53.1 Å². The molecule has 88 valence electrons. The van der Waals surface area contributed by atoms with Gasteiger partial charge in [0, 0.05) is 18.3 Å². The smallest absolute Gasteiger partial charge is 0.342 e. The fourth-order valence-corrected chi connectivity index (χ4v) is 1.88. The fraction of sp³-hybridized carbons (Fsp3) is 0.455. The van der Waals surface area contributed by atoms with Crippen LogP contribution in [0.2, 0.25) is 0 Å². The van der Waals surface area contributed by atoms with Crippen molar-refractivity contribution in [2.75, 3.05) is 0 Å². The van der Waals surface area contributed by atoms with Crippen LogP contribution in [0.5, 0.6) is 0 Å². The van der Waals surface area contributed by atoms with Gasteiger partial charge in [0.2, 0.25) is 0 Å². The molecular formula is C11H16NO3P. The summed E-state index contributed by atoms with van der Waals surface area (Å²) in [6.45, 7) is 4.00. The highest BCUT2D eigenvalue weighted by Gasteiger charge is 2.25. The second-order valence-electron chi connectivity index (χ2n) is 3.24. The lowest BCUT2D eigenvalue weighted by Gasteiger charge is -2.10. The van der Waals surface area contributed by atoms with Crippen molar-refractivity contribution in [1.82, 2.24) is 4.98 Å². The molecule has 0 spiro atoms. The van der Waals surface area contributed by atoms with E-state index in [2.05, 4.69) is 9.51 Å². The molecule has 0 saturated carbocycles. The number of fused-ring (bicyclic) bond motifs is 1. The molecule has 1 aromatic heterocycles. The molecule has 2 rings (SSSR count). The number of rotatable bonds is 1. The lowest BCUT2D eigenvalue weighted by Crippen LogP contribution is -2.13. The highest BCUT2D eigenvalue weighted by Crippen LogP contribution is 2.24. The van der Waals surface area contributed by atoms with Crippen molar-refractivity contribution in [3.8, 4) is 0 Å². The van der Waals surface area contributed by atoms with E-state index in [1.807, 2.05) is 23.3 Å². The standard InChI is InChI=1S/C9H10NO3P.C2H6/c11-7-3-1-2-6-8(7)5(4-10-6)9(12)13-14;1-2/h4,10H,1-3,14H2;1-2H3. The first kappa shape index (κ1) is 12.9. The van der Waals surface area contributed by atoms with E-state index in [0.29, 0.717) is 17.5 Å². The molecule has 0 amide bonds. The van der Waals surface area contributed by atoms with E-state index in [1.165, 1.54) is 0 Å². The zero-order valence-electron chi connectivity index (χ0n) is 9.50. The Kier molecular flexibility index (Phi) is 4.69. The summed E-state index contributed by atoms with van der Waals surface area (Å²) in [4.78, 5) is 25.8. The van der Waals surface area contributed by atoms with Gasteiger partial charge < -0.3 is 9.51 Å². The van der Waals surface area contributed by atoms with Crippen LogP contribution in [0.3, 0.4) is 0 Å². The predicted octanol–water partition coefficient (Wildman–Crippen LogP) is 2.51. The van der Waals surface area contributed by atoms with Crippen LogP contribution < -0.4 is 0 Å². The molecule has 1 aromatic rings. The second kappa shape index (κ2) is 5.80. The predicted molar refractivity (Wildman–Crippen MR) is 64.5 cm³/mol. The molecule has 1 N–H and O–H groups in total. The Morgan fingerprint density at radius 2 is 2.12 bits per heavy atom. The topological polar surface area (TPSA) is 59.2 Å². The summed E-state index contributed by atoms with van der Waals surface area (Å²) in [6.07, 6.45) is 3.73. The van der Waals surface area contributed by atoms with Crippen molar-refractivity contribution in [3.05, 3.63) is 23.0 Å². The number of aryl methyl sites for hydroxylation is 1. The number of aromatic amines is 1. The van der Waals surface area contributed by atoms with Crippen molar-refractivity contribution in [1.29, 1.82) is 0 Å². The number of Topliss-reactive ketones (excluding diaryl/α,β-unsaturated/α-hetero) is 1. The molecule has 1 atom stereocenters. The van der Waals surface area contributed by atoms with Crippen LogP contribution in [-0.2, 0) is 10.9 Å². The second-order valence-corrected chi connectivity index (χ2v) is 3.47. The molecule has 0 aromatic carbocycles. The minimum Gasteiger partial charge on any atom is -0.448 e. The zero-order valence-corrected chi connectivity index (χ0v) is 10.7. The normalized spacial score (nSPS) is 13.6. The molecule has 1 aliphatic carbocycles. The summed E-state index contributed by atoms with van der Waals surface area (Å²) < 4.78 is 4.51. The summed E-state index contributed by atoms with van der Waals surface area (Å²) in [5, 5.41) is 0. The van der Waals surface area contributed by atoms with Crippen molar-refractivity contribution in [3.63, 3.8) is 0 Å². The maximum Gasteiger partial charge on any atom is 0.342 e. The SMILES string of the molecule is CC.O=C(OP)c1c[nH]c2c1C(=O)CCC2. The van der Waals surface area contributed by atoms with Gasteiger partial charge in [0.1, 0.15) is 0 Å². The van der Waals surface area contributed by atoms with Gasteiger partial charge >= 0.3 is 5.97 Å². The van der Waals surface area contributed by atoms with Crippen molar-refractivity contribution >= 4 is 21.2 Å². The Balaban J connectivity index is 0.000000606. The van der Waals surface area contributed by atoms with Crippen LogP contribution in [0.4, 0.5) is 0 Å². The van der Waals surface area contributed by atoms with Crippen LogP contribution in [0.25, 0.3) is 0 Å². The number of hydrogen-bond acceptors (Lipinski definition) is 3. The first-order valence-corrected chi connectivity index (χ1v) is 5.85. The third kappa shape index (κ3) is 2.33. The van der Waals surface area contributed by atoms with Gasteiger partial charge in [-0.05, 0) is 12.8 Å². The van der Waals surface area contributed by atoms with Gasteiger partial charge in [-0.2, -0.15) is 0 Å². The number of carbonyl (C=O) groups excluding carboxylic acids is 2. The molecule has 0 aliphatic heterocycles. The molecule has 0 fully saturated rings. The van der Waals surface area contributed by atoms with E-state index in [1.54, 1.807) is 6.20 Å². The Morgan fingerprint density at radius 1 is 1.44 bits per heavy atom. The molecule has 0 radical (unpaired) electrons. The fourth-order valence-electron chi connectivity index (χ4n) is 1.76. The molecule has 1 unspecified atom stereocenters. The number of nitrogens with one attached hydrogen (secondary N) is 1. The first-order chi connectivity index (χ1) is 7.74. The summed E-state index contributed by atoms with van der Waals surface area (Å²) >= 11 is 0. The van der Waals surface area contributed by atoms with E-state index in [-0.39, 0.29) is 5.78 Å². The van der Waals surface area contributed by atoms with E-state index >= 15 is 0 Å². The highest BCUT2D eigenvalue weighted by molar-refractivity contribution is 7.10. The monoisotopic (exact) mass is 241 g/mol.